The van der Waals surface area contributed by atoms with E-state index in [0.717, 1.165) is 40.2 Å². The van der Waals surface area contributed by atoms with E-state index in [4.69, 9.17) is 0 Å². The van der Waals surface area contributed by atoms with E-state index in [1.165, 1.54) is 23.1 Å². The first-order chi connectivity index (χ1) is 15.9. The van der Waals surface area contributed by atoms with Crippen LogP contribution < -0.4 is 15.8 Å². The molecule has 2 N–H and O–H groups in total. The van der Waals surface area contributed by atoms with Gasteiger partial charge in [-0.3, -0.25) is 14.4 Å². The molecule has 1 aliphatic heterocycles. The number of benzene rings is 1. The smallest absolute Gasteiger partial charge is 0.260 e. The molecule has 0 bridgehead atoms. The van der Waals surface area contributed by atoms with E-state index >= 15 is 0 Å². The van der Waals surface area contributed by atoms with Crippen molar-refractivity contribution in [3.8, 4) is 0 Å². The third-order valence-corrected chi connectivity index (χ3v) is 7.86. The molecule has 1 unspecified atom stereocenters. The molecular weight excluding hydrogens is 456 g/mol. The van der Waals surface area contributed by atoms with Gasteiger partial charge < -0.3 is 15.2 Å². The van der Waals surface area contributed by atoms with Gasteiger partial charge in [0.2, 0.25) is 11.8 Å². The molecule has 9 heteroatoms. The van der Waals surface area contributed by atoms with Crippen molar-refractivity contribution in [1.29, 1.82) is 0 Å². The number of thiophene rings is 1. The minimum absolute atomic E-state index is 0.107. The van der Waals surface area contributed by atoms with Crippen LogP contribution in [0.2, 0.25) is 0 Å². The van der Waals surface area contributed by atoms with Crippen molar-refractivity contribution in [2.75, 3.05) is 22.5 Å². The summed E-state index contributed by atoms with van der Waals surface area (Å²) in [5.41, 5.74) is 2.37. The van der Waals surface area contributed by atoms with Crippen LogP contribution in [0.3, 0.4) is 0 Å². The highest BCUT2D eigenvalue weighted by Crippen LogP contribution is 2.30. The first-order valence-corrected chi connectivity index (χ1v) is 13.0. The molecule has 4 rings (SSSR count). The largest absolute Gasteiger partial charge is 0.325 e. The Bertz CT molecular complexity index is 1250. The predicted octanol–water partition coefficient (Wildman–Crippen LogP) is 4.74. The molecule has 1 fully saturated rings. The Balaban J connectivity index is 1.43. The SMILES string of the molecule is CCC(C)Cc1c(C)sc2nc(SCC(=O)Nc3cccc(N4CCCC4=O)c3)[nH]c(=O)c12. The third-order valence-electron chi connectivity index (χ3n) is 5.95. The summed E-state index contributed by atoms with van der Waals surface area (Å²) < 4.78 is 0. The number of H-pyrrole nitrogens is 1. The summed E-state index contributed by atoms with van der Waals surface area (Å²) in [7, 11) is 0. The van der Waals surface area contributed by atoms with Crippen molar-refractivity contribution < 1.29 is 9.59 Å². The van der Waals surface area contributed by atoms with Crippen LogP contribution in [-0.2, 0) is 16.0 Å². The minimum Gasteiger partial charge on any atom is -0.325 e. The number of thioether (sulfide) groups is 1. The number of nitrogens with one attached hydrogen (secondary N) is 2. The Morgan fingerprint density at radius 3 is 2.91 bits per heavy atom. The number of hydrogen-bond donors (Lipinski definition) is 2. The van der Waals surface area contributed by atoms with E-state index in [1.807, 2.05) is 25.1 Å². The number of anilines is 2. The zero-order valence-electron chi connectivity index (χ0n) is 19.1. The molecule has 1 atom stereocenters. The van der Waals surface area contributed by atoms with Gasteiger partial charge in [-0.15, -0.1) is 11.3 Å². The summed E-state index contributed by atoms with van der Waals surface area (Å²) in [6.45, 7) is 7.08. The predicted molar refractivity (Wildman–Crippen MR) is 136 cm³/mol. The van der Waals surface area contributed by atoms with E-state index in [1.54, 1.807) is 11.0 Å². The van der Waals surface area contributed by atoms with Crippen LogP contribution in [0, 0.1) is 12.8 Å². The number of rotatable bonds is 8. The molecule has 0 spiro atoms. The average Bonchev–Trinajstić information content (AvgIpc) is 3.35. The van der Waals surface area contributed by atoms with Gasteiger partial charge in [0.15, 0.2) is 5.16 Å². The summed E-state index contributed by atoms with van der Waals surface area (Å²) >= 11 is 2.74. The highest BCUT2D eigenvalue weighted by Gasteiger charge is 2.22. The normalized spacial score (nSPS) is 14.8. The Morgan fingerprint density at radius 1 is 1.36 bits per heavy atom. The zero-order valence-corrected chi connectivity index (χ0v) is 20.7. The van der Waals surface area contributed by atoms with Crippen molar-refractivity contribution >= 4 is 56.5 Å². The molecule has 174 valence electrons. The van der Waals surface area contributed by atoms with E-state index in [2.05, 4.69) is 29.1 Å². The Labute approximate surface area is 201 Å². The monoisotopic (exact) mass is 484 g/mol. The Morgan fingerprint density at radius 2 is 2.18 bits per heavy atom. The van der Waals surface area contributed by atoms with Crippen LogP contribution in [0.4, 0.5) is 11.4 Å². The molecule has 3 aromatic rings. The standard InChI is InChI=1S/C24H28N4O3S2/c1-4-14(2)11-18-15(3)33-23-21(18)22(31)26-24(27-23)32-13-19(29)25-16-7-5-8-17(12-16)28-10-6-9-20(28)30/h5,7-8,12,14H,4,6,9-11,13H2,1-3H3,(H,25,29)(H,26,27,31). The van der Waals surface area contributed by atoms with Crippen LogP contribution >= 0.6 is 23.1 Å². The number of amides is 2. The highest BCUT2D eigenvalue weighted by atomic mass is 32.2. The lowest BCUT2D eigenvalue weighted by molar-refractivity contribution is -0.117. The molecule has 1 saturated heterocycles. The molecule has 33 heavy (non-hydrogen) atoms. The second kappa shape index (κ2) is 10.1. The van der Waals surface area contributed by atoms with E-state index < -0.39 is 0 Å². The maximum atomic E-state index is 12.8. The lowest BCUT2D eigenvalue weighted by Crippen LogP contribution is -2.23. The summed E-state index contributed by atoms with van der Waals surface area (Å²) in [4.78, 5) is 48.3. The van der Waals surface area contributed by atoms with Crippen LogP contribution in [0.5, 0.6) is 0 Å². The summed E-state index contributed by atoms with van der Waals surface area (Å²) in [6.07, 6.45) is 3.34. The number of carbonyl (C=O) groups is 2. The number of aromatic nitrogens is 2. The fraction of sp³-hybridized carbons (Fsp3) is 0.417. The van der Waals surface area contributed by atoms with Crippen LogP contribution in [-0.4, -0.2) is 34.1 Å². The van der Waals surface area contributed by atoms with Gasteiger partial charge in [0, 0.05) is 29.2 Å². The maximum Gasteiger partial charge on any atom is 0.260 e. The lowest BCUT2D eigenvalue weighted by atomic mass is 9.98. The second-order valence-electron chi connectivity index (χ2n) is 8.44. The van der Waals surface area contributed by atoms with Crippen molar-refractivity contribution in [2.24, 2.45) is 5.92 Å². The highest BCUT2D eigenvalue weighted by molar-refractivity contribution is 7.99. The second-order valence-corrected chi connectivity index (χ2v) is 10.6. The van der Waals surface area contributed by atoms with Crippen LogP contribution in [0.15, 0.2) is 34.2 Å². The first kappa shape index (κ1) is 23.5. The average molecular weight is 485 g/mol. The van der Waals surface area contributed by atoms with Crippen LogP contribution in [0.1, 0.15) is 43.6 Å². The first-order valence-electron chi connectivity index (χ1n) is 11.2. The number of carbonyl (C=O) groups excluding carboxylic acids is 2. The van der Waals surface area contributed by atoms with Crippen molar-refractivity contribution in [3.63, 3.8) is 0 Å². The van der Waals surface area contributed by atoms with Crippen molar-refractivity contribution in [2.45, 2.75) is 51.6 Å². The van der Waals surface area contributed by atoms with Gasteiger partial charge in [-0.25, -0.2) is 4.98 Å². The molecule has 3 heterocycles. The molecule has 2 amide bonds. The van der Waals surface area contributed by atoms with E-state index in [-0.39, 0.29) is 23.1 Å². The van der Waals surface area contributed by atoms with Gasteiger partial charge in [0.1, 0.15) is 4.83 Å². The van der Waals surface area contributed by atoms with Gasteiger partial charge in [-0.2, -0.15) is 0 Å². The van der Waals surface area contributed by atoms with Gasteiger partial charge in [0.05, 0.1) is 11.1 Å². The van der Waals surface area contributed by atoms with Crippen LogP contribution in [0.25, 0.3) is 10.2 Å². The zero-order chi connectivity index (χ0) is 23.5. The van der Waals surface area contributed by atoms with Gasteiger partial charge in [0.25, 0.3) is 5.56 Å². The van der Waals surface area contributed by atoms with E-state index in [9.17, 15) is 14.4 Å². The Kier molecular flexibility index (Phi) is 7.19. The fourth-order valence-corrected chi connectivity index (χ4v) is 5.74. The van der Waals surface area contributed by atoms with Gasteiger partial charge in [-0.1, -0.05) is 38.1 Å². The third kappa shape index (κ3) is 5.30. The number of fused-ring (bicyclic) bond motifs is 1. The molecule has 2 aromatic heterocycles. The van der Waals surface area contributed by atoms with Gasteiger partial charge in [-0.05, 0) is 49.4 Å². The molecular formula is C24H28N4O3S2. The fourth-order valence-electron chi connectivity index (χ4n) is 3.97. The topological polar surface area (TPSA) is 95.2 Å². The quantitative estimate of drug-likeness (QED) is 0.356. The number of hydrogen-bond acceptors (Lipinski definition) is 6. The lowest BCUT2D eigenvalue weighted by Gasteiger charge is -2.16. The number of aromatic amines is 1. The molecule has 0 radical (unpaired) electrons. The summed E-state index contributed by atoms with van der Waals surface area (Å²) in [5, 5.41) is 3.99. The Hall–Kier alpha value is -2.65. The number of nitrogens with zero attached hydrogens (tertiary/aromatic N) is 2. The molecule has 1 aromatic carbocycles. The number of aryl methyl sites for hydroxylation is 1. The minimum atomic E-state index is -0.201. The molecule has 0 saturated carbocycles. The van der Waals surface area contributed by atoms with Crippen molar-refractivity contribution in [3.05, 3.63) is 45.1 Å². The molecule has 7 nitrogen and oxygen atoms in total. The maximum absolute atomic E-state index is 12.8. The van der Waals surface area contributed by atoms with Crippen molar-refractivity contribution in [1.82, 2.24) is 9.97 Å². The summed E-state index contributed by atoms with van der Waals surface area (Å²) in [5.74, 6) is 0.523. The van der Waals surface area contributed by atoms with Gasteiger partial charge >= 0.3 is 0 Å². The molecule has 1 aliphatic rings. The van der Waals surface area contributed by atoms with E-state index in [0.29, 0.717) is 35.1 Å². The summed E-state index contributed by atoms with van der Waals surface area (Å²) in [6, 6.07) is 7.31. The molecule has 0 aliphatic carbocycles.